The van der Waals surface area contributed by atoms with E-state index in [1.165, 1.54) is 11.1 Å². The van der Waals surface area contributed by atoms with Crippen molar-refractivity contribution in [3.8, 4) is 16.9 Å². The summed E-state index contributed by atoms with van der Waals surface area (Å²) in [6, 6.07) is 18.4. The molecule has 30 heavy (non-hydrogen) atoms. The second kappa shape index (κ2) is 15.0. The predicted molar refractivity (Wildman–Crippen MR) is 120 cm³/mol. The number of carboxylic acids is 1. The Labute approximate surface area is 179 Å². The summed E-state index contributed by atoms with van der Waals surface area (Å²) in [5.41, 5.74) is 2.38. The van der Waals surface area contributed by atoms with Crippen LogP contribution < -0.4 is 4.74 Å². The fourth-order valence-corrected chi connectivity index (χ4v) is 2.63. The molecule has 0 heterocycles. The Balaban J connectivity index is 0.000000424. The minimum absolute atomic E-state index is 0.218. The Bertz CT molecular complexity index is 766. The smallest absolute Gasteiger partial charge is 0.329 e. The van der Waals surface area contributed by atoms with Crippen LogP contribution in [0.2, 0.25) is 0 Å². The summed E-state index contributed by atoms with van der Waals surface area (Å²) in [5.74, 6) is 0.456. The number of hydrogen-bond donors (Lipinski definition) is 1. The van der Waals surface area contributed by atoms with E-state index in [1.807, 2.05) is 43.3 Å². The first-order valence-corrected chi connectivity index (χ1v) is 10.1. The lowest BCUT2D eigenvalue weighted by molar-refractivity contribution is -0.141. The molecule has 5 heteroatoms. The van der Waals surface area contributed by atoms with Crippen molar-refractivity contribution in [2.45, 2.75) is 33.6 Å². The van der Waals surface area contributed by atoms with E-state index in [0.29, 0.717) is 25.6 Å². The number of carbonyl (C=O) groups is 2. The van der Waals surface area contributed by atoms with Crippen molar-refractivity contribution in [1.82, 2.24) is 0 Å². The van der Waals surface area contributed by atoms with Crippen molar-refractivity contribution in [3.05, 3.63) is 66.7 Å². The molecule has 162 valence electrons. The Morgan fingerprint density at radius 3 is 2.20 bits per heavy atom. The SMILES string of the molecule is C/C=C\COCC(=O)O.CC[C@H](COc1ccc(-c2ccccc2)cc1)CC(C)=O. The van der Waals surface area contributed by atoms with Gasteiger partial charge in [-0.25, -0.2) is 4.79 Å². The van der Waals surface area contributed by atoms with Gasteiger partial charge < -0.3 is 19.4 Å². The zero-order valence-electron chi connectivity index (χ0n) is 18.0. The van der Waals surface area contributed by atoms with Crippen LogP contribution in [-0.4, -0.2) is 36.7 Å². The third-order valence-corrected chi connectivity index (χ3v) is 4.28. The van der Waals surface area contributed by atoms with E-state index in [9.17, 15) is 9.59 Å². The Hall–Kier alpha value is -2.92. The van der Waals surface area contributed by atoms with Gasteiger partial charge in [0.15, 0.2) is 0 Å². The lowest BCUT2D eigenvalue weighted by Crippen LogP contribution is -2.14. The lowest BCUT2D eigenvalue weighted by Gasteiger charge is -2.14. The quantitative estimate of drug-likeness (QED) is 0.395. The molecule has 2 aromatic carbocycles. The fourth-order valence-electron chi connectivity index (χ4n) is 2.63. The summed E-state index contributed by atoms with van der Waals surface area (Å²) in [5, 5.41) is 8.06. The fraction of sp³-hybridized carbons (Fsp3) is 0.360. The highest BCUT2D eigenvalue weighted by molar-refractivity contribution is 5.75. The molecule has 1 atom stereocenters. The number of benzene rings is 2. The van der Waals surface area contributed by atoms with Gasteiger partial charge >= 0.3 is 5.97 Å². The Kier molecular flexibility index (Phi) is 12.6. The number of allylic oxidation sites excluding steroid dienone is 1. The van der Waals surface area contributed by atoms with Gasteiger partial charge in [-0.1, -0.05) is 61.5 Å². The number of ether oxygens (including phenoxy) is 2. The molecule has 0 aliphatic carbocycles. The zero-order valence-corrected chi connectivity index (χ0v) is 18.0. The number of hydrogen-bond acceptors (Lipinski definition) is 4. The number of rotatable bonds is 11. The number of carbonyl (C=O) groups excluding carboxylic acids is 1. The Morgan fingerprint density at radius 2 is 1.67 bits per heavy atom. The standard InChI is InChI=1S/C19H22O2.C6H10O3/c1-3-16(13-15(2)20)14-21-19-11-9-18(10-12-19)17-7-5-4-6-8-17;1-2-3-4-9-5-6(7)8/h4-12,16H,3,13-14H2,1-2H3;2-3H,4-5H2,1H3,(H,7,8)/b;3-2-/t16-;/m0./s1. The van der Waals surface area contributed by atoms with Crippen LogP contribution in [0.5, 0.6) is 5.75 Å². The van der Waals surface area contributed by atoms with E-state index in [1.54, 1.807) is 13.0 Å². The molecule has 0 radical (unpaired) electrons. The second-order valence-electron chi connectivity index (χ2n) is 6.86. The van der Waals surface area contributed by atoms with Crippen molar-refractivity contribution in [3.63, 3.8) is 0 Å². The van der Waals surface area contributed by atoms with Gasteiger partial charge in [0, 0.05) is 6.42 Å². The summed E-state index contributed by atoms with van der Waals surface area (Å²) >= 11 is 0. The van der Waals surface area contributed by atoms with Crippen molar-refractivity contribution in [2.75, 3.05) is 19.8 Å². The molecule has 0 amide bonds. The molecule has 5 nitrogen and oxygen atoms in total. The first-order chi connectivity index (χ1) is 14.5. The Morgan fingerprint density at radius 1 is 1.03 bits per heavy atom. The molecular formula is C25H32O5. The molecule has 2 rings (SSSR count). The number of ketones is 1. The third-order valence-electron chi connectivity index (χ3n) is 4.28. The second-order valence-corrected chi connectivity index (χ2v) is 6.86. The van der Waals surface area contributed by atoms with Crippen LogP contribution in [0.4, 0.5) is 0 Å². The average molecular weight is 413 g/mol. The monoisotopic (exact) mass is 412 g/mol. The molecule has 0 fully saturated rings. The topological polar surface area (TPSA) is 72.8 Å². The van der Waals surface area contributed by atoms with Gasteiger partial charge in [0.05, 0.1) is 13.2 Å². The highest BCUT2D eigenvalue weighted by Crippen LogP contribution is 2.22. The minimum atomic E-state index is -0.931. The molecule has 0 aromatic heterocycles. The maximum atomic E-state index is 11.2. The summed E-state index contributed by atoms with van der Waals surface area (Å²) < 4.78 is 10.4. The van der Waals surface area contributed by atoms with E-state index < -0.39 is 5.97 Å². The van der Waals surface area contributed by atoms with Gasteiger partial charge in [-0.05, 0) is 49.4 Å². The van der Waals surface area contributed by atoms with Crippen LogP contribution in [0.1, 0.15) is 33.6 Å². The van der Waals surface area contributed by atoms with Crippen molar-refractivity contribution in [2.24, 2.45) is 5.92 Å². The molecule has 0 bridgehead atoms. The summed E-state index contributed by atoms with van der Waals surface area (Å²) in [6.45, 7) is 6.34. The summed E-state index contributed by atoms with van der Waals surface area (Å²) in [4.78, 5) is 21.0. The van der Waals surface area contributed by atoms with Crippen LogP contribution in [0, 0.1) is 5.92 Å². The maximum Gasteiger partial charge on any atom is 0.329 e. The van der Waals surface area contributed by atoms with Crippen molar-refractivity contribution >= 4 is 11.8 Å². The van der Waals surface area contributed by atoms with Crippen LogP contribution in [0.25, 0.3) is 11.1 Å². The molecule has 0 saturated heterocycles. The molecular weight excluding hydrogens is 380 g/mol. The minimum Gasteiger partial charge on any atom is -0.493 e. The van der Waals surface area contributed by atoms with Crippen LogP contribution in [0.3, 0.4) is 0 Å². The molecule has 0 saturated carbocycles. The zero-order chi connectivity index (χ0) is 22.2. The number of aliphatic carboxylic acids is 1. The predicted octanol–water partition coefficient (Wildman–Crippen LogP) is 5.40. The highest BCUT2D eigenvalue weighted by Gasteiger charge is 2.10. The van der Waals surface area contributed by atoms with E-state index in [-0.39, 0.29) is 12.4 Å². The highest BCUT2D eigenvalue weighted by atomic mass is 16.5. The number of carboxylic acid groups (broad SMARTS) is 1. The first-order valence-electron chi connectivity index (χ1n) is 10.1. The van der Waals surface area contributed by atoms with Crippen molar-refractivity contribution < 1.29 is 24.2 Å². The van der Waals surface area contributed by atoms with E-state index >= 15 is 0 Å². The number of Topliss-reactive ketones (excluding diaryl/α,β-unsaturated/α-hetero) is 1. The normalized spacial score (nSPS) is 11.4. The van der Waals surface area contributed by atoms with Gasteiger partial charge in [0.2, 0.25) is 0 Å². The first kappa shape index (κ1) is 25.1. The molecule has 0 spiro atoms. The summed E-state index contributed by atoms with van der Waals surface area (Å²) in [7, 11) is 0. The third kappa shape index (κ3) is 11.2. The van der Waals surface area contributed by atoms with Gasteiger partial charge in [-0.3, -0.25) is 0 Å². The van der Waals surface area contributed by atoms with Gasteiger partial charge in [-0.15, -0.1) is 0 Å². The lowest BCUT2D eigenvalue weighted by atomic mass is 10.0. The van der Waals surface area contributed by atoms with Crippen LogP contribution in [0.15, 0.2) is 66.7 Å². The largest absolute Gasteiger partial charge is 0.493 e. The van der Waals surface area contributed by atoms with Crippen LogP contribution >= 0.6 is 0 Å². The van der Waals surface area contributed by atoms with E-state index in [2.05, 4.69) is 35.9 Å². The van der Waals surface area contributed by atoms with Gasteiger partial charge in [-0.2, -0.15) is 0 Å². The summed E-state index contributed by atoms with van der Waals surface area (Å²) in [6.07, 6.45) is 5.12. The molecule has 1 N–H and O–H groups in total. The van der Waals surface area contributed by atoms with E-state index in [4.69, 9.17) is 9.84 Å². The van der Waals surface area contributed by atoms with Gasteiger partial charge in [0.25, 0.3) is 0 Å². The average Bonchev–Trinajstić information content (AvgIpc) is 2.75. The molecule has 2 aromatic rings. The molecule has 0 unspecified atom stereocenters. The maximum absolute atomic E-state index is 11.2. The van der Waals surface area contributed by atoms with Crippen molar-refractivity contribution in [1.29, 1.82) is 0 Å². The van der Waals surface area contributed by atoms with Crippen LogP contribution in [-0.2, 0) is 14.3 Å². The van der Waals surface area contributed by atoms with Gasteiger partial charge in [0.1, 0.15) is 18.1 Å². The molecule has 0 aliphatic rings. The molecule has 0 aliphatic heterocycles. The van der Waals surface area contributed by atoms with E-state index in [0.717, 1.165) is 12.2 Å².